The SMILES string of the molecule is Cc1cc(Oc2nccc3c2ccn3COCC[Si](C)(C)C)ccc1Br. The Bertz CT molecular complexity index is 902. The lowest BCUT2D eigenvalue weighted by molar-refractivity contribution is 0.0902. The molecule has 0 bridgehead atoms. The van der Waals surface area contributed by atoms with Crippen molar-refractivity contribution >= 4 is 34.9 Å². The Hall–Kier alpha value is -1.63. The summed E-state index contributed by atoms with van der Waals surface area (Å²) < 4.78 is 15.1. The lowest BCUT2D eigenvalue weighted by atomic mass is 10.2. The molecular formula is C20H25BrN2O2Si. The Balaban J connectivity index is 1.74. The van der Waals surface area contributed by atoms with Gasteiger partial charge in [-0.25, -0.2) is 4.98 Å². The molecule has 0 saturated heterocycles. The van der Waals surface area contributed by atoms with E-state index in [2.05, 4.69) is 45.1 Å². The number of aryl methyl sites for hydroxylation is 1. The van der Waals surface area contributed by atoms with Gasteiger partial charge in [0.25, 0.3) is 0 Å². The molecule has 0 aliphatic heterocycles. The summed E-state index contributed by atoms with van der Waals surface area (Å²) in [5, 5.41) is 0.988. The summed E-state index contributed by atoms with van der Waals surface area (Å²) in [7, 11) is -1.06. The molecule has 0 radical (unpaired) electrons. The molecule has 26 heavy (non-hydrogen) atoms. The normalized spacial score (nSPS) is 11.9. The molecule has 0 saturated carbocycles. The lowest BCUT2D eigenvalue weighted by Gasteiger charge is -2.15. The number of hydrogen-bond donors (Lipinski definition) is 0. The Morgan fingerprint density at radius 3 is 2.69 bits per heavy atom. The van der Waals surface area contributed by atoms with Crippen LogP contribution in [0.1, 0.15) is 5.56 Å². The average Bonchev–Trinajstić information content (AvgIpc) is 2.98. The van der Waals surface area contributed by atoms with Crippen LogP contribution in [-0.4, -0.2) is 24.2 Å². The van der Waals surface area contributed by atoms with Crippen molar-refractivity contribution in [3.8, 4) is 11.6 Å². The van der Waals surface area contributed by atoms with Crippen LogP contribution in [0.5, 0.6) is 11.6 Å². The highest BCUT2D eigenvalue weighted by Crippen LogP contribution is 2.30. The quantitative estimate of drug-likeness (QED) is 0.328. The fourth-order valence-corrected chi connectivity index (χ4v) is 3.63. The number of rotatable bonds is 7. The average molecular weight is 433 g/mol. The summed E-state index contributed by atoms with van der Waals surface area (Å²) in [6.07, 6.45) is 3.81. The highest BCUT2D eigenvalue weighted by Gasteiger charge is 2.13. The van der Waals surface area contributed by atoms with Gasteiger partial charge in [0.1, 0.15) is 12.5 Å². The molecule has 2 heterocycles. The molecule has 0 spiro atoms. The molecule has 3 aromatic rings. The minimum absolute atomic E-state index is 0.550. The van der Waals surface area contributed by atoms with Crippen LogP contribution < -0.4 is 4.74 Å². The molecule has 0 unspecified atom stereocenters. The predicted molar refractivity (Wildman–Crippen MR) is 113 cm³/mol. The number of fused-ring (bicyclic) bond motifs is 1. The predicted octanol–water partition coefficient (Wildman–Crippen LogP) is 6.21. The molecule has 138 valence electrons. The van der Waals surface area contributed by atoms with Crippen molar-refractivity contribution in [3.05, 3.63) is 52.8 Å². The van der Waals surface area contributed by atoms with Gasteiger partial charge in [0.2, 0.25) is 5.88 Å². The fourth-order valence-electron chi connectivity index (χ4n) is 2.62. The van der Waals surface area contributed by atoms with E-state index in [0.29, 0.717) is 12.6 Å². The highest BCUT2D eigenvalue weighted by atomic mass is 79.9. The van der Waals surface area contributed by atoms with Crippen molar-refractivity contribution in [2.45, 2.75) is 39.3 Å². The number of ether oxygens (including phenoxy) is 2. The van der Waals surface area contributed by atoms with Gasteiger partial charge in [-0.15, -0.1) is 0 Å². The van der Waals surface area contributed by atoms with Gasteiger partial charge in [0.15, 0.2) is 0 Å². The van der Waals surface area contributed by atoms with Crippen molar-refractivity contribution in [3.63, 3.8) is 0 Å². The molecule has 3 rings (SSSR count). The molecule has 0 amide bonds. The summed E-state index contributed by atoms with van der Waals surface area (Å²) in [5.74, 6) is 1.40. The standard InChI is InChI=1S/C20H25BrN2O2Si/c1-15-13-16(5-6-18(15)21)25-20-17-8-10-23(19(17)7-9-22-20)14-24-11-12-26(2,3)4/h5-10,13H,11-12,14H2,1-4H3. The molecule has 2 aromatic heterocycles. The summed E-state index contributed by atoms with van der Waals surface area (Å²) >= 11 is 3.51. The van der Waals surface area contributed by atoms with Crippen LogP contribution in [0.25, 0.3) is 10.9 Å². The first-order chi connectivity index (χ1) is 12.3. The molecule has 4 nitrogen and oxygen atoms in total. The summed E-state index contributed by atoms with van der Waals surface area (Å²) in [5.41, 5.74) is 2.19. The zero-order chi connectivity index (χ0) is 18.7. The Kier molecular flexibility index (Phi) is 5.85. The lowest BCUT2D eigenvalue weighted by Crippen LogP contribution is -2.21. The number of hydrogen-bond acceptors (Lipinski definition) is 3. The molecule has 1 aromatic carbocycles. The number of benzene rings is 1. The molecule has 0 aliphatic carbocycles. The van der Waals surface area contributed by atoms with E-state index < -0.39 is 8.07 Å². The van der Waals surface area contributed by atoms with E-state index in [1.165, 1.54) is 6.04 Å². The van der Waals surface area contributed by atoms with Gasteiger partial charge >= 0.3 is 0 Å². The van der Waals surface area contributed by atoms with Crippen LogP contribution in [-0.2, 0) is 11.5 Å². The number of halogens is 1. The van der Waals surface area contributed by atoms with E-state index in [1.807, 2.05) is 43.5 Å². The smallest absolute Gasteiger partial charge is 0.228 e. The molecular weight excluding hydrogens is 408 g/mol. The van der Waals surface area contributed by atoms with Crippen molar-refractivity contribution in [2.24, 2.45) is 0 Å². The maximum Gasteiger partial charge on any atom is 0.228 e. The fraction of sp³-hybridized carbons (Fsp3) is 0.350. The second-order valence-electron chi connectivity index (χ2n) is 7.70. The summed E-state index contributed by atoms with van der Waals surface area (Å²) in [6, 6.07) is 11.1. The minimum Gasteiger partial charge on any atom is -0.438 e. The van der Waals surface area contributed by atoms with Crippen molar-refractivity contribution in [1.29, 1.82) is 0 Å². The van der Waals surface area contributed by atoms with Crippen molar-refractivity contribution in [2.75, 3.05) is 6.61 Å². The maximum absolute atomic E-state index is 6.03. The van der Waals surface area contributed by atoms with E-state index in [9.17, 15) is 0 Å². The van der Waals surface area contributed by atoms with Crippen LogP contribution in [0.3, 0.4) is 0 Å². The van der Waals surface area contributed by atoms with Crippen molar-refractivity contribution in [1.82, 2.24) is 9.55 Å². The van der Waals surface area contributed by atoms with Gasteiger partial charge in [0, 0.05) is 31.5 Å². The number of pyridine rings is 1. The first-order valence-corrected chi connectivity index (χ1v) is 13.3. The number of nitrogens with zero attached hydrogens (tertiary/aromatic N) is 2. The third-order valence-corrected chi connectivity index (χ3v) is 6.83. The van der Waals surface area contributed by atoms with Crippen molar-refractivity contribution < 1.29 is 9.47 Å². The highest BCUT2D eigenvalue weighted by molar-refractivity contribution is 9.10. The maximum atomic E-state index is 6.03. The molecule has 0 aliphatic rings. The van der Waals surface area contributed by atoms with Gasteiger partial charge in [-0.1, -0.05) is 35.6 Å². The molecule has 0 fully saturated rings. The van der Waals surface area contributed by atoms with Gasteiger partial charge in [-0.2, -0.15) is 0 Å². The first-order valence-electron chi connectivity index (χ1n) is 8.79. The second-order valence-corrected chi connectivity index (χ2v) is 14.2. The monoisotopic (exact) mass is 432 g/mol. The minimum atomic E-state index is -1.06. The molecule has 0 N–H and O–H groups in total. The summed E-state index contributed by atoms with van der Waals surface area (Å²) in [4.78, 5) is 4.41. The van der Waals surface area contributed by atoms with Gasteiger partial charge in [-0.3, -0.25) is 0 Å². The van der Waals surface area contributed by atoms with Gasteiger partial charge in [0.05, 0.1) is 10.9 Å². The van der Waals surface area contributed by atoms with Crippen LogP contribution in [0, 0.1) is 6.92 Å². The Labute approximate surface area is 164 Å². The van der Waals surface area contributed by atoms with Crippen LogP contribution in [0.2, 0.25) is 25.7 Å². The summed E-state index contributed by atoms with van der Waals surface area (Å²) in [6.45, 7) is 10.5. The van der Waals surface area contributed by atoms with Gasteiger partial charge < -0.3 is 14.0 Å². The molecule has 0 atom stereocenters. The van der Waals surface area contributed by atoms with Crippen LogP contribution in [0.4, 0.5) is 0 Å². The zero-order valence-electron chi connectivity index (χ0n) is 15.8. The van der Waals surface area contributed by atoms with E-state index in [-0.39, 0.29) is 0 Å². The zero-order valence-corrected chi connectivity index (χ0v) is 18.3. The van der Waals surface area contributed by atoms with E-state index >= 15 is 0 Å². The van der Waals surface area contributed by atoms with Gasteiger partial charge in [-0.05, 0) is 48.9 Å². The Morgan fingerprint density at radius 2 is 1.96 bits per heavy atom. The Morgan fingerprint density at radius 1 is 1.15 bits per heavy atom. The second kappa shape index (κ2) is 7.94. The largest absolute Gasteiger partial charge is 0.438 e. The topological polar surface area (TPSA) is 36.3 Å². The third-order valence-electron chi connectivity index (χ3n) is 4.23. The van der Waals surface area contributed by atoms with Crippen LogP contribution >= 0.6 is 15.9 Å². The van der Waals surface area contributed by atoms with E-state index in [0.717, 1.165) is 33.3 Å². The molecule has 6 heteroatoms. The first kappa shape index (κ1) is 19.1. The number of aromatic nitrogens is 2. The third kappa shape index (κ3) is 4.75. The van der Waals surface area contributed by atoms with E-state index in [4.69, 9.17) is 9.47 Å². The van der Waals surface area contributed by atoms with E-state index in [1.54, 1.807) is 6.20 Å². The van der Waals surface area contributed by atoms with Crippen LogP contribution in [0.15, 0.2) is 47.2 Å².